The maximum atomic E-state index is 11.0. The zero-order valence-corrected chi connectivity index (χ0v) is 9.03. The highest BCUT2D eigenvalue weighted by molar-refractivity contribution is 5.76. The Bertz CT molecular complexity index is 344. The molecule has 0 unspecified atom stereocenters. The number of H-pyrrole nitrogens is 1. The molecule has 0 atom stereocenters. The summed E-state index contributed by atoms with van der Waals surface area (Å²) in [6, 6.07) is 2.01. The number of carboxylic acid groups (broad SMARTS) is 1. The Hall–Kier alpha value is -1.33. The molecule has 2 rings (SSSR count). The van der Waals surface area contributed by atoms with Gasteiger partial charge in [0, 0.05) is 18.9 Å². The molecule has 88 valence electrons. The van der Waals surface area contributed by atoms with Gasteiger partial charge in [-0.25, -0.2) is 0 Å². The van der Waals surface area contributed by atoms with Crippen molar-refractivity contribution in [2.24, 2.45) is 5.41 Å². The van der Waals surface area contributed by atoms with Crippen LogP contribution in [0.5, 0.6) is 0 Å². The molecule has 0 radical (unpaired) electrons. The lowest BCUT2D eigenvalue weighted by Gasteiger charge is -2.37. The minimum absolute atomic E-state index is 0.319. The second kappa shape index (κ2) is 4.67. The fraction of sp³-hybridized carbons (Fsp3) is 0.545. The van der Waals surface area contributed by atoms with E-state index in [0.29, 0.717) is 19.8 Å². The highest BCUT2D eigenvalue weighted by Gasteiger charge is 2.45. The van der Waals surface area contributed by atoms with Crippen molar-refractivity contribution in [2.45, 2.75) is 6.42 Å². The molecule has 0 aromatic carbocycles. The van der Waals surface area contributed by atoms with Crippen molar-refractivity contribution < 1.29 is 14.6 Å². The number of carboxylic acids is 1. The number of aromatic amines is 1. The van der Waals surface area contributed by atoms with Gasteiger partial charge in [-0.3, -0.25) is 4.79 Å². The smallest absolute Gasteiger partial charge is 0.315 e. The molecule has 2 heterocycles. The molecule has 1 fully saturated rings. The van der Waals surface area contributed by atoms with Gasteiger partial charge in [-0.1, -0.05) is 0 Å². The molecule has 1 aromatic rings. The molecule has 1 aliphatic rings. The molecule has 1 aromatic heterocycles. The fourth-order valence-corrected chi connectivity index (χ4v) is 1.72. The third-order valence-corrected chi connectivity index (χ3v) is 2.93. The number of carbonyl (C=O) groups is 1. The minimum atomic E-state index is -0.770. The Labute approximate surface area is 93.8 Å². The Morgan fingerprint density at radius 1 is 1.62 bits per heavy atom. The van der Waals surface area contributed by atoms with Gasteiger partial charge < -0.3 is 20.1 Å². The van der Waals surface area contributed by atoms with Crippen molar-refractivity contribution in [1.29, 1.82) is 0 Å². The van der Waals surface area contributed by atoms with E-state index in [4.69, 9.17) is 9.84 Å². The molecule has 0 saturated carbocycles. The van der Waals surface area contributed by atoms with Crippen LogP contribution in [-0.2, 0) is 16.0 Å². The molecule has 0 aliphatic carbocycles. The second-order valence-electron chi connectivity index (χ2n) is 4.22. The summed E-state index contributed by atoms with van der Waals surface area (Å²) >= 11 is 0. The largest absolute Gasteiger partial charge is 0.481 e. The molecular formula is C11H16N2O3. The zero-order chi connectivity index (χ0) is 11.4. The molecule has 5 heteroatoms. The topological polar surface area (TPSA) is 74.4 Å². The van der Waals surface area contributed by atoms with Gasteiger partial charge in [0.15, 0.2) is 0 Å². The van der Waals surface area contributed by atoms with E-state index in [1.165, 1.54) is 5.56 Å². The molecule has 0 spiro atoms. The Balaban J connectivity index is 1.69. The third-order valence-electron chi connectivity index (χ3n) is 2.93. The average molecular weight is 224 g/mol. The van der Waals surface area contributed by atoms with Gasteiger partial charge in [-0.2, -0.15) is 0 Å². The van der Waals surface area contributed by atoms with Crippen molar-refractivity contribution in [3.05, 3.63) is 24.0 Å². The van der Waals surface area contributed by atoms with E-state index in [-0.39, 0.29) is 0 Å². The lowest BCUT2D eigenvalue weighted by atomic mass is 9.86. The van der Waals surface area contributed by atoms with E-state index in [2.05, 4.69) is 10.3 Å². The zero-order valence-electron chi connectivity index (χ0n) is 9.03. The van der Waals surface area contributed by atoms with Crippen LogP contribution in [0.4, 0.5) is 0 Å². The Morgan fingerprint density at radius 3 is 2.94 bits per heavy atom. The van der Waals surface area contributed by atoms with E-state index < -0.39 is 11.4 Å². The van der Waals surface area contributed by atoms with Crippen LogP contribution in [0.2, 0.25) is 0 Å². The van der Waals surface area contributed by atoms with Crippen LogP contribution in [0, 0.1) is 5.41 Å². The summed E-state index contributed by atoms with van der Waals surface area (Å²) in [6.45, 7) is 1.90. The van der Waals surface area contributed by atoms with Gasteiger partial charge in [-0.15, -0.1) is 0 Å². The van der Waals surface area contributed by atoms with E-state index >= 15 is 0 Å². The summed E-state index contributed by atoms with van der Waals surface area (Å²) < 4.78 is 4.98. The summed E-state index contributed by atoms with van der Waals surface area (Å²) in [6.07, 6.45) is 4.73. The number of hydrogen-bond acceptors (Lipinski definition) is 3. The van der Waals surface area contributed by atoms with Gasteiger partial charge in [0.25, 0.3) is 0 Å². The normalized spacial score (nSPS) is 18.0. The van der Waals surface area contributed by atoms with Crippen LogP contribution in [0.25, 0.3) is 0 Å². The lowest BCUT2D eigenvalue weighted by Crippen LogP contribution is -2.55. The molecule has 0 amide bonds. The molecule has 5 nitrogen and oxygen atoms in total. The quantitative estimate of drug-likeness (QED) is 0.605. The van der Waals surface area contributed by atoms with Crippen LogP contribution in [0.1, 0.15) is 5.56 Å². The van der Waals surface area contributed by atoms with Crippen LogP contribution in [0.3, 0.4) is 0 Å². The predicted molar refractivity (Wildman–Crippen MR) is 58.3 cm³/mol. The molecule has 1 saturated heterocycles. The second-order valence-corrected chi connectivity index (χ2v) is 4.22. The first-order chi connectivity index (χ1) is 7.73. The van der Waals surface area contributed by atoms with Crippen LogP contribution in [-0.4, -0.2) is 42.4 Å². The number of aliphatic carboxylic acids is 1. The van der Waals surface area contributed by atoms with Gasteiger partial charge in [0.05, 0.1) is 13.2 Å². The molecule has 16 heavy (non-hydrogen) atoms. The van der Waals surface area contributed by atoms with Gasteiger partial charge in [0.2, 0.25) is 0 Å². The standard InChI is InChI=1S/C11H16N2O3/c14-10(15)11(7-16-8-11)6-13-4-2-9-1-3-12-5-9/h1,3,5,12-13H,2,4,6-8H2,(H,14,15). The highest BCUT2D eigenvalue weighted by atomic mass is 16.5. The van der Waals surface area contributed by atoms with E-state index in [1.54, 1.807) is 0 Å². The molecule has 3 N–H and O–H groups in total. The van der Waals surface area contributed by atoms with Crippen LogP contribution < -0.4 is 5.32 Å². The van der Waals surface area contributed by atoms with Crippen molar-refractivity contribution in [2.75, 3.05) is 26.3 Å². The maximum Gasteiger partial charge on any atom is 0.315 e. The minimum Gasteiger partial charge on any atom is -0.481 e. The fourth-order valence-electron chi connectivity index (χ4n) is 1.72. The third kappa shape index (κ3) is 2.25. The highest BCUT2D eigenvalue weighted by Crippen LogP contribution is 2.26. The van der Waals surface area contributed by atoms with Crippen molar-refractivity contribution in [3.8, 4) is 0 Å². The lowest BCUT2D eigenvalue weighted by molar-refractivity contribution is -0.178. The maximum absolute atomic E-state index is 11.0. The molecular weight excluding hydrogens is 208 g/mol. The number of aromatic nitrogens is 1. The first kappa shape index (κ1) is 11.2. The first-order valence-corrected chi connectivity index (χ1v) is 5.36. The van der Waals surface area contributed by atoms with Gasteiger partial charge in [-0.05, 0) is 24.6 Å². The summed E-state index contributed by atoms with van der Waals surface area (Å²) in [4.78, 5) is 14.0. The van der Waals surface area contributed by atoms with E-state index in [0.717, 1.165) is 13.0 Å². The van der Waals surface area contributed by atoms with E-state index in [9.17, 15) is 4.79 Å². The molecule has 1 aliphatic heterocycles. The van der Waals surface area contributed by atoms with Gasteiger partial charge in [0.1, 0.15) is 5.41 Å². The van der Waals surface area contributed by atoms with Crippen LogP contribution in [0.15, 0.2) is 18.5 Å². The van der Waals surface area contributed by atoms with Crippen molar-refractivity contribution >= 4 is 5.97 Å². The summed E-state index contributed by atoms with van der Waals surface area (Å²) in [7, 11) is 0. The monoisotopic (exact) mass is 224 g/mol. The SMILES string of the molecule is O=C(O)C1(CNCCc2cc[nH]c2)COC1. The van der Waals surface area contributed by atoms with Crippen molar-refractivity contribution in [3.63, 3.8) is 0 Å². The number of hydrogen-bond donors (Lipinski definition) is 3. The Morgan fingerprint density at radius 2 is 2.44 bits per heavy atom. The summed E-state index contributed by atoms with van der Waals surface area (Å²) in [5, 5.41) is 12.2. The molecule has 0 bridgehead atoms. The van der Waals surface area contributed by atoms with Crippen LogP contribution >= 0.6 is 0 Å². The average Bonchev–Trinajstić information content (AvgIpc) is 2.67. The summed E-state index contributed by atoms with van der Waals surface area (Å²) in [5.41, 5.74) is 0.528. The number of rotatable bonds is 6. The number of nitrogens with one attached hydrogen (secondary N) is 2. The summed E-state index contributed by atoms with van der Waals surface area (Å²) in [5.74, 6) is -0.770. The van der Waals surface area contributed by atoms with Gasteiger partial charge >= 0.3 is 5.97 Å². The predicted octanol–water partition coefficient (Wildman–Crippen LogP) is 0.248. The van der Waals surface area contributed by atoms with E-state index in [1.807, 2.05) is 18.5 Å². The van der Waals surface area contributed by atoms with Crippen molar-refractivity contribution in [1.82, 2.24) is 10.3 Å². The number of ether oxygens (including phenoxy) is 1. The first-order valence-electron chi connectivity index (χ1n) is 5.36. The Kier molecular flexibility index (Phi) is 3.26.